The van der Waals surface area contributed by atoms with E-state index in [9.17, 15) is 10.1 Å². The summed E-state index contributed by atoms with van der Waals surface area (Å²) in [5, 5.41) is 14.2. The zero-order chi connectivity index (χ0) is 15.4. The Morgan fingerprint density at radius 1 is 1.43 bits per heavy atom. The average molecular weight is 289 g/mol. The summed E-state index contributed by atoms with van der Waals surface area (Å²) in [6, 6.07) is 4.94. The Balaban J connectivity index is 2.18. The van der Waals surface area contributed by atoms with Gasteiger partial charge in [-0.15, -0.1) is 0 Å². The van der Waals surface area contributed by atoms with E-state index in [1.54, 1.807) is 25.3 Å². The molecule has 0 spiro atoms. The molecule has 0 aliphatic heterocycles. The predicted molar refractivity (Wildman–Crippen MR) is 79.9 cm³/mol. The Labute approximate surface area is 123 Å². The third kappa shape index (κ3) is 3.66. The van der Waals surface area contributed by atoms with Crippen molar-refractivity contribution in [1.82, 2.24) is 10.3 Å². The molecular weight excluding hydrogens is 270 g/mol. The van der Waals surface area contributed by atoms with Crippen molar-refractivity contribution in [3.8, 4) is 11.3 Å². The summed E-state index contributed by atoms with van der Waals surface area (Å²) >= 11 is 0. The van der Waals surface area contributed by atoms with Gasteiger partial charge < -0.3 is 9.73 Å². The molecule has 0 radical (unpaired) electrons. The van der Waals surface area contributed by atoms with E-state index in [4.69, 9.17) is 4.42 Å². The summed E-state index contributed by atoms with van der Waals surface area (Å²) in [4.78, 5) is 14.8. The molecule has 0 unspecified atom stereocenters. The topological polar surface area (TPSA) is 81.2 Å². The molecule has 0 aliphatic carbocycles. The molecule has 6 heteroatoms. The standard InChI is InChI=1S/C15H19N3O3/c1-10(2)7-16-9-15-17-8-14(21-15)12-5-4-6-13(11(12)3)18(19)20/h4-6,8,10,16H,7,9H2,1-3H3. The number of rotatable bonds is 6. The van der Waals surface area contributed by atoms with Gasteiger partial charge in [0.25, 0.3) is 5.69 Å². The maximum Gasteiger partial charge on any atom is 0.273 e. The molecule has 0 atom stereocenters. The summed E-state index contributed by atoms with van der Waals surface area (Å²) in [5.41, 5.74) is 1.37. The number of nitro groups is 1. The number of hydrogen-bond acceptors (Lipinski definition) is 5. The van der Waals surface area contributed by atoms with Crippen molar-refractivity contribution in [2.24, 2.45) is 5.92 Å². The molecule has 2 rings (SSSR count). The highest BCUT2D eigenvalue weighted by atomic mass is 16.6. The summed E-state index contributed by atoms with van der Waals surface area (Å²) < 4.78 is 5.67. The molecule has 1 N–H and O–H groups in total. The molecule has 0 saturated carbocycles. The highest BCUT2D eigenvalue weighted by Gasteiger charge is 2.16. The zero-order valence-electron chi connectivity index (χ0n) is 12.4. The molecule has 6 nitrogen and oxygen atoms in total. The van der Waals surface area contributed by atoms with E-state index < -0.39 is 0 Å². The first kappa shape index (κ1) is 15.2. The third-order valence-electron chi connectivity index (χ3n) is 3.15. The number of nitrogens with zero attached hydrogens (tertiary/aromatic N) is 2. The molecule has 0 saturated heterocycles. The SMILES string of the molecule is Cc1c(-c2cnc(CNCC(C)C)o2)cccc1[N+](=O)[O-]. The van der Waals surface area contributed by atoms with Crippen molar-refractivity contribution in [3.05, 3.63) is 46.0 Å². The number of benzene rings is 1. The smallest absolute Gasteiger partial charge is 0.273 e. The van der Waals surface area contributed by atoms with Crippen LogP contribution in [-0.2, 0) is 6.54 Å². The molecule has 1 aromatic carbocycles. The largest absolute Gasteiger partial charge is 0.439 e. The maximum atomic E-state index is 11.0. The molecule has 1 heterocycles. The fourth-order valence-corrected chi connectivity index (χ4v) is 2.07. The summed E-state index contributed by atoms with van der Waals surface area (Å²) in [5.74, 6) is 1.69. The molecule has 112 valence electrons. The van der Waals surface area contributed by atoms with Crippen molar-refractivity contribution < 1.29 is 9.34 Å². The van der Waals surface area contributed by atoms with E-state index in [0.717, 1.165) is 6.54 Å². The molecule has 0 fully saturated rings. The fourth-order valence-electron chi connectivity index (χ4n) is 2.07. The molecule has 0 bridgehead atoms. The summed E-state index contributed by atoms with van der Waals surface area (Å²) in [7, 11) is 0. The number of nitrogens with one attached hydrogen (secondary N) is 1. The van der Waals surface area contributed by atoms with Crippen molar-refractivity contribution >= 4 is 5.69 Å². The molecule has 0 aliphatic rings. The van der Waals surface area contributed by atoms with Crippen LogP contribution in [0, 0.1) is 23.0 Å². The summed E-state index contributed by atoms with van der Waals surface area (Å²) in [6.45, 7) is 7.40. The Hall–Kier alpha value is -2.21. The van der Waals surface area contributed by atoms with Crippen molar-refractivity contribution in [2.75, 3.05) is 6.54 Å². The van der Waals surface area contributed by atoms with Crippen molar-refractivity contribution in [3.63, 3.8) is 0 Å². The van der Waals surface area contributed by atoms with Crippen LogP contribution in [0.25, 0.3) is 11.3 Å². The lowest BCUT2D eigenvalue weighted by atomic mass is 10.1. The highest BCUT2D eigenvalue weighted by Crippen LogP contribution is 2.30. The zero-order valence-corrected chi connectivity index (χ0v) is 12.4. The molecule has 2 aromatic rings. The maximum absolute atomic E-state index is 11.0. The average Bonchev–Trinajstić information content (AvgIpc) is 2.86. The number of nitro benzene ring substituents is 1. The minimum absolute atomic E-state index is 0.0865. The third-order valence-corrected chi connectivity index (χ3v) is 3.15. The number of aromatic nitrogens is 1. The van der Waals surface area contributed by atoms with Gasteiger partial charge in [0.2, 0.25) is 5.89 Å². The second-order valence-corrected chi connectivity index (χ2v) is 5.35. The first-order chi connectivity index (χ1) is 9.99. The van der Waals surface area contributed by atoms with Gasteiger partial charge in [0.05, 0.1) is 17.7 Å². The van der Waals surface area contributed by atoms with Gasteiger partial charge in [0.15, 0.2) is 5.76 Å². The molecule has 0 amide bonds. The van der Waals surface area contributed by atoms with Gasteiger partial charge in [-0.1, -0.05) is 26.0 Å². The van der Waals surface area contributed by atoms with Crippen LogP contribution in [0.2, 0.25) is 0 Å². The van der Waals surface area contributed by atoms with Crippen LogP contribution in [0.3, 0.4) is 0 Å². The lowest BCUT2D eigenvalue weighted by molar-refractivity contribution is -0.385. The van der Waals surface area contributed by atoms with E-state index in [-0.39, 0.29) is 10.6 Å². The lowest BCUT2D eigenvalue weighted by Crippen LogP contribution is -2.18. The van der Waals surface area contributed by atoms with E-state index in [1.807, 2.05) is 0 Å². The van der Waals surface area contributed by atoms with Crippen LogP contribution in [0.4, 0.5) is 5.69 Å². The molecule has 1 aromatic heterocycles. The Kier molecular flexibility index (Phi) is 4.70. The van der Waals surface area contributed by atoms with Crippen LogP contribution in [0.1, 0.15) is 25.3 Å². The Morgan fingerprint density at radius 2 is 2.19 bits per heavy atom. The number of hydrogen-bond donors (Lipinski definition) is 1. The van der Waals surface area contributed by atoms with Gasteiger partial charge in [-0.05, 0) is 19.4 Å². The van der Waals surface area contributed by atoms with Gasteiger partial charge in [0, 0.05) is 17.2 Å². The van der Waals surface area contributed by atoms with Crippen LogP contribution in [0.5, 0.6) is 0 Å². The number of oxazole rings is 1. The second kappa shape index (κ2) is 6.49. The first-order valence-corrected chi connectivity index (χ1v) is 6.89. The first-order valence-electron chi connectivity index (χ1n) is 6.89. The highest BCUT2D eigenvalue weighted by molar-refractivity contribution is 5.66. The van der Waals surface area contributed by atoms with Crippen LogP contribution >= 0.6 is 0 Å². The normalized spacial score (nSPS) is 11.0. The van der Waals surface area contributed by atoms with Gasteiger partial charge >= 0.3 is 0 Å². The predicted octanol–water partition coefficient (Wildman–Crippen LogP) is 3.30. The van der Waals surface area contributed by atoms with E-state index in [2.05, 4.69) is 24.1 Å². The van der Waals surface area contributed by atoms with Gasteiger partial charge in [-0.2, -0.15) is 0 Å². The van der Waals surface area contributed by atoms with E-state index >= 15 is 0 Å². The van der Waals surface area contributed by atoms with Crippen molar-refractivity contribution in [2.45, 2.75) is 27.3 Å². The molecule has 21 heavy (non-hydrogen) atoms. The Morgan fingerprint density at radius 3 is 2.86 bits per heavy atom. The fraction of sp³-hybridized carbons (Fsp3) is 0.400. The van der Waals surface area contributed by atoms with Gasteiger partial charge in [-0.3, -0.25) is 10.1 Å². The molecular formula is C15H19N3O3. The van der Waals surface area contributed by atoms with Crippen molar-refractivity contribution in [1.29, 1.82) is 0 Å². The monoisotopic (exact) mass is 289 g/mol. The van der Waals surface area contributed by atoms with Gasteiger partial charge in [-0.25, -0.2) is 4.98 Å². The lowest BCUT2D eigenvalue weighted by Gasteiger charge is -2.05. The Bertz CT molecular complexity index is 635. The summed E-state index contributed by atoms with van der Waals surface area (Å²) in [6.07, 6.45) is 1.61. The second-order valence-electron chi connectivity index (χ2n) is 5.35. The van der Waals surface area contributed by atoms with Crippen LogP contribution in [-0.4, -0.2) is 16.5 Å². The quantitative estimate of drug-likeness (QED) is 0.651. The van der Waals surface area contributed by atoms with Crippen LogP contribution in [0.15, 0.2) is 28.8 Å². The van der Waals surface area contributed by atoms with Crippen LogP contribution < -0.4 is 5.32 Å². The van der Waals surface area contributed by atoms with Gasteiger partial charge in [0.1, 0.15) is 0 Å². The van der Waals surface area contributed by atoms with E-state index in [1.165, 1.54) is 6.07 Å². The van der Waals surface area contributed by atoms with E-state index in [0.29, 0.717) is 35.2 Å². The minimum Gasteiger partial charge on any atom is -0.439 e. The minimum atomic E-state index is -0.389.